The molecule has 0 saturated heterocycles. The van der Waals surface area contributed by atoms with E-state index in [0.717, 1.165) is 5.56 Å². The molecule has 42 heavy (non-hydrogen) atoms. The number of hydrogen-bond donors (Lipinski definition) is 4. The van der Waals surface area contributed by atoms with E-state index in [1.165, 1.54) is 0 Å². The van der Waals surface area contributed by atoms with Crippen molar-refractivity contribution in [2.24, 2.45) is 0 Å². The van der Waals surface area contributed by atoms with E-state index < -0.39 is 29.6 Å². The molecule has 0 fully saturated rings. The van der Waals surface area contributed by atoms with Crippen LogP contribution in [0.15, 0.2) is 78.9 Å². The van der Waals surface area contributed by atoms with Crippen molar-refractivity contribution in [3.8, 4) is 0 Å². The van der Waals surface area contributed by atoms with Crippen LogP contribution in [0.4, 0.5) is 16.2 Å². The van der Waals surface area contributed by atoms with Crippen molar-refractivity contribution >= 4 is 46.2 Å². The zero-order valence-corrected chi connectivity index (χ0v) is 23.9. The van der Waals surface area contributed by atoms with E-state index in [-0.39, 0.29) is 18.9 Å². The molecule has 218 valence electrons. The molecule has 1 atom stereocenters. The molecule has 4 rings (SSSR count). The topological polar surface area (TPSA) is 139 Å². The Kier molecular flexibility index (Phi) is 9.26. The summed E-state index contributed by atoms with van der Waals surface area (Å²) in [5.74, 6) is -1.16. The molecule has 1 heterocycles. The van der Waals surface area contributed by atoms with Crippen molar-refractivity contribution in [2.45, 2.75) is 45.8 Å². The predicted molar refractivity (Wildman–Crippen MR) is 161 cm³/mol. The quantitative estimate of drug-likeness (QED) is 0.191. The number of nitrogens with one attached hydrogen (secondary N) is 4. The SMILES string of the molecule is CCOC(=O)c1cc2cc(NC(=O)C(Cc3ccc(NC(=O)c4ccccc4)cc3)NC(=O)OC(C)(C)C)ccc2[nH]1. The lowest BCUT2D eigenvalue weighted by Gasteiger charge is -2.23. The van der Waals surface area contributed by atoms with Crippen LogP contribution in [-0.2, 0) is 20.7 Å². The molecular formula is C32H34N4O6. The van der Waals surface area contributed by atoms with E-state index in [1.807, 2.05) is 6.07 Å². The fourth-order valence-electron chi connectivity index (χ4n) is 4.17. The van der Waals surface area contributed by atoms with Gasteiger partial charge in [0.05, 0.1) is 6.61 Å². The zero-order chi connectivity index (χ0) is 30.3. The fraction of sp³-hybridized carbons (Fsp3) is 0.250. The molecule has 3 aromatic carbocycles. The van der Waals surface area contributed by atoms with E-state index in [9.17, 15) is 19.2 Å². The normalized spacial score (nSPS) is 11.8. The number of fused-ring (bicyclic) bond motifs is 1. The number of H-pyrrole nitrogens is 1. The monoisotopic (exact) mass is 570 g/mol. The average Bonchev–Trinajstić information content (AvgIpc) is 3.37. The third-order valence-electron chi connectivity index (χ3n) is 6.08. The number of ether oxygens (including phenoxy) is 2. The van der Waals surface area contributed by atoms with Crippen molar-refractivity contribution in [2.75, 3.05) is 17.2 Å². The number of amides is 3. The lowest BCUT2D eigenvalue weighted by atomic mass is 10.0. The van der Waals surface area contributed by atoms with Crippen LogP contribution >= 0.6 is 0 Å². The van der Waals surface area contributed by atoms with Crippen LogP contribution in [-0.4, -0.2) is 47.1 Å². The molecule has 0 aliphatic carbocycles. The molecule has 0 saturated carbocycles. The molecule has 10 nitrogen and oxygen atoms in total. The van der Waals surface area contributed by atoms with Crippen LogP contribution in [0, 0.1) is 0 Å². The van der Waals surface area contributed by atoms with Crippen LogP contribution in [0.2, 0.25) is 0 Å². The first-order valence-electron chi connectivity index (χ1n) is 13.6. The Morgan fingerprint density at radius 1 is 0.857 bits per heavy atom. The number of alkyl carbamates (subject to hydrolysis) is 1. The fourth-order valence-corrected chi connectivity index (χ4v) is 4.17. The first kappa shape index (κ1) is 29.9. The summed E-state index contributed by atoms with van der Waals surface area (Å²) in [5.41, 5.74) is 2.63. The maximum absolute atomic E-state index is 13.4. The highest BCUT2D eigenvalue weighted by Crippen LogP contribution is 2.22. The van der Waals surface area contributed by atoms with Crippen LogP contribution in [0.5, 0.6) is 0 Å². The zero-order valence-electron chi connectivity index (χ0n) is 23.9. The van der Waals surface area contributed by atoms with Crippen LogP contribution in [0.1, 0.15) is 54.1 Å². The molecule has 0 bridgehead atoms. The summed E-state index contributed by atoms with van der Waals surface area (Å²) in [6.07, 6.45) is -0.563. The smallest absolute Gasteiger partial charge is 0.408 e. The second-order valence-corrected chi connectivity index (χ2v) is 10.6. The van der Waals surface area contributed by atoms with Crippen molar-refractivity contribution in [3.05, 3.63) is 95.7 Å². The minimum atomic E-state index is -0.971. The van der Waals surface area contributed by atoms with Crippen molar-refractivity contribution in [1.82, 2.24) is 10.3 Å². The average molecular weight is 571 g/mol. The van der Waals surface area contributed by atoms with Gasteiger partial charge >= 0.3 is 12.1 Å². The maximum Gasteiger partial charge on any atom is 0.408 e. The van der Waals surface area contributed by atoms with E-state index in [4.69, 9.17) is 9.47 Å². The number of anilines is 2. The van der Waals surface area contributed by atoms with Crippen molar-refractivity contribution in [3.63, 3.8) is 0 Å². The number of carbonyl (C=O) groups is 4. The van der Waals surface area contributed by atoms with Gasteiger partial charge < -0.3 is 30.4 Å². The van der Waals surface area contributed by atoms with Gasteiger partial charge in [0, 0.05) is 34.3 Å². The Balaban J connectivity index is 1.48. The van der Waals surface area contributed by atoms with Gasteiger partial charge in [0.15, 0.2) is 0 Å². The first-order chi connectivity index (χ1) is 20.0. The summed E-state index contributed by atoms with van der Waals surface area (Å²) in [7, 11) is 0. The molecule has 3 amide bonds. The van der Waals surface area contributed by atoms with Gasteiger partial charge in [-0.15, -0.1) is 0 Å². The molecule has 10 heteroatoms. The van der Waals surface area contributed by atoms with Gasteiger partial charge in [-0.2, -0.15) is 0 Å². The summed E-state index contributed by atoms with van der Waals surface area (Å²) in [6, 6.07) is 21.7. The summed E-state index contributed by atoms with van der Waals surface area (Å²) in [5, 5.41) is 9.07. The first-order valence-corrected chi connectivity index (χ1v) is 13.6. The van der Waals surface area contributed by atoms with Gasteiger partial charge in [-0.05, 0) is 81.8 Å². The maximum atomic E-state index is 13.4. The van der Waals surface area contributed by atoms with E-state index in [0.29, 0.717) is 33.5 Å². The van der Waals surface area contributed by atoms with Gasteiger partial charge in [-0.1, -0.05) is 30.3 Å². The second-order valence-electron chi connectivity index (χ2n) is 10.6. The number of carbonyl (C=O) groups excluding carboxylic acids is 4. The van der Waals surface area contributed by atoms with Gasteiger partial charge in [0.2, 0.25) is 5.91 Å². The lowest BCUT2D eigenvalue weighted by Crippen LogP contribution is -2.47. The summed E-state index contributed by atoms with van der Waals surface area (Å²) >= 11 is 0. The minimum absolute atomic E-state index is 0.164. The van der Waals surface area contributed by atoms with Gasteiger partial charge in [0.25, 0.3) is 5.91 Å². The number of aromatic amines is 1. The number of benzene rings is 3. The molecular weight excluding hydrogens is 536 g/mol. The Morgan fingerprint density at radius 2 is 1.55 bits per heavy atom. The van der Waals surface area contributed by atoms with Gasteiger partial charge in [-0.3, -0.25) is 9.59 Å². The molecule has 0 aliphatic heterocycles. The van der Waals surface area contributed by atoms with Crippen LogP contribution < -0.4 is 16.0 Å². The van der Waals surface area contributed by atoms with Crippen LogP contribution in [0.3, 0.4) is 0 Å². The van der Waals surface area contributed by atoms with E-state index in [1.54, 1.807) is 100 Å². The molecule has 4 aromatic rings. The summed E-state index contributed by atoms with van der Waals surface area (Å²) in [4.78, 5) is 53.6. The number of rotatable bonds is 9. The number of aromatic nitrogens is 1. The van der Waals surface area contributed by atoms with Crippen molar-refractivity contribution in [1.29, 1.82) is 0 Å². The highest BCUT2D eigenvalue weighted by Gasteiger charge is 2.25. The van der Waals surface area contributed by atoms with E-state index >= 15 is 0 Å². The molecule has 0 aliphatic rings. The predicted octanol–water partition coefficient (Wildman–Crippen LogP) is 5.67. The number of esters is 1. The number of hydrogen-bond acceptors (Lipinski definition) is 6. The molecule has 0 spiro atoms. The van der Waals surface area contributed by atoms with Crippen LogP contribution in [0.25, 0.3) is 10.9 Å². The highest BCUT2D eigenvalue weighted by atomic mass is 16.6. The molecule has 1 unspecified atom stereocenters. The Bertz CT molecular complexity index is 1570. The Morgan fingerprint density at radius 3 is 2.21 bits per heavy atom. The molecule has 0 radical (unpaired) electrons. The standard InChI is InChI=1S/C32H34N4O6/c1-5-41-30(39)27-19-22-18-24(15-16-25(22)35-27)34-29(38)26(36-31(40)42-32(2,3)4)17-20-11-13-23(14-12-20)33-28(37)21-9-7-6-8-10-21/h6-16,18-19,26,35H,5,17H2,1-4H3,(H,33,37)(H,34,38)(H,36,40). The highest BCUT2D eigenvalue weighted by molar-refractivity contribution is 6.04. The Labute approximate surface area is 243 Å². The largest absolute Gasteiger partial charge is 0.461 e. The third-order valence-corrected chi connectivity index (χ3v) is 6.08. The van der Waals surface area contributed by atoms with Crippen molar-refractivity contribution < 1.29 is 28.7 Å². The lowest BCUT2D eigenvalue weighted by molar-refractivity contribution is -0.118. The summed E-state index contributed by atoms with van der Waals surface area (Å²) < 4.78 is 10.4. The minimum Gasteiger partial charge on any atom is -0.461 e. The van der Waals surface area contributed by atoms with E-state index in [2.05, 4.69) is 20.9 Å². The van der Waals surface area contributed by atoms with Gasteiger partial charge in [-0.25, -0.2) is 9.59 Å². The molecule has 4 N–H and O–H groups in total. The Hall–Kier alpha value is -5.12. The second kappa shape index (κ2) is 13.0. The molecule has 1 aromatic heterocycles. The summed E-state index contributed by atoms with van der Waals surface area (Å²) in [6.45, 7) is 7.20. The third kappa shape index (κ3) is 8.20. The van der Waals surface area contributed by atoms with Gasteiger partial charge in [0.1, 0.15) is 17.3 Å².